The van der Waals surface area contributed by atoms with E-state index in [2.05, 4.69) is 10.2 Å². The van der Waals surface area contributed by atoms with Gasteiger partial charge in [0, 0.05) is 32.1 Å². The number of hydrogen-bond donors (Lipinski definition) is 1. The van der Waals surface area contributed by atoms with Gasteiger partial charge in [-0.25, -0.2) is 4.39 Å². The first-order chi connectivity index (χ1) is 9.83. The summed E-state index contributed by atoms with van der Waals surface area (Å²) in [5, 5.41) is 3.32. The van der Waals surface area contributed by atoms with Gasteiger partial charge in [-0.2, -0.15) is 0 Å². The van der Waals surface area contributed by atoms with Crippen LogP contribution in [-0.2, 0) is 4.74 Å². The number of rotatable bonds is 3. The smallest absolute Gasteiger partial charge is 0.150 e. The van der Waals surface area contributed by atoms with Gasteiger partial charge >= 0.3 is 0 Å². The van der Waals surface area contributed by atoms with Crippen molar-refractivity contribution in [3.63, 3.8) is 0 Å². The topological polar surface area (TPSA) is 33.7 Å². The number of anilines is 1. The Hall–Kier alpha value is -1.33. The lowest BCUT2D eigenvalue weighted by molar-refractivity contribution is 0.141. The molecule has 2 aliphatic rings. The molecular weight excluding hydrogens is 259 g/mol. The molecule has 0 spiro atoms. The number of benzene rings is 1. The van der Waals surface area contributed by atoms with Crippen molar-refractivity contribution in [2.45, 2.75) is 18.9 Å². The second kappa shape index (κ2) is 6.41. The summed E-state index contributed by atoms with van der Waals surface area (Å²) in [7, 11) is 0. The standard InChI is InChI=1S/C15H21FN2O2/c16-14-10-12(20-13-4-9-19-11-13)2-3-15(14)18-7-1-5-17-6-8-18/h2-3,10,13,17H,1,4-9,11H2. The van der Waals surface area contributed by atoms with E-state index in [0.717, 1.165) is 45.6 Å². The Bertz CT molecular complexity index is 441. The molecule has 0 saturated carbocycles. The maximum Gasteiger partial charge on any atom is 0.150 e. The molecule has 110 valence electrons. The lowest BCUT2D eigenvalue weighted by Gasteiger charge is -2.23. The number of hydrogen-bond acceptors (Lipinski definition) is 4. The lowest BCUT2D eigenvalue weighted by Crippen LogP contribution is -2.28. The van der Waals surface area contributed by atoms with Crippen LogP contribution in [0.5, 0.6) is 5.75 Å². The fourth-order valence-corrected chi connectivity index (χ4v) is 2.70. The highest BCUT2D eigenvalue weighted by atomic mass is 19.1. The fraction of sp³-hybridized carbons (Fsp3) is 0.600. The van der Waals surface area contributed by atoms with E-state index >= 15 is 0 Å². The molecule has 1 unspecified atom stereocenters. The molecular formula is C15H21FN2O2. The molecule has 1 aromatic rings. The van der Waals surface area contributed by atoms with Crippen molar-refractivity contribution in [2.75, 3.05) is 44.3 Å². The van der Waals surface area contributed by atoms with Gasteiger partial charge in [0.25, 0.3) is 0 Å². The monoisotopic (exact) mass is 280 g/mol. The summed E-state index contributed by atoms with van der Waals surface area (Å²) in [6, 6.07) is 5.17. The molecule has 2 fully saturated rings. The van der Waals surface area contributed by atoms with Gasteiger partial charge in [-0.05, 0) is 25.1 Å². The van der Waals surface area contributed by atoms with Crippen LogP contribution in [0.15, 0.2) is 18.2 Å². The Balaban J connectivity index is 1.69. The Labute approximate surface area is 118 Å². The van der Waals surface area contributed by atoms with Crippen LogP contribution in [0, 0.1) is 5.82 Å². The SMILES string of the molecule is Fc1cc(OC2CCOC2)ccc1N1CCCNCC1. The predicted octanol–water partition coefficient (Wildman–Crippen LogP) is 1.79. The van der Waals surface area contributed by atoms with Crippen molar-refractivity contribution in [3.05, 3.63) is 24.0 Å². The summed E-state index contributed by atoms with van der Waals surface area (Å²) in [5.41, 5.74) is 0.670. The summed E-state index contributed by atoms with van der Waals surface area (Å²) in [6.45, 7) is 4.96. The third kappa shape index (κ3) is 3.22. The van der Waals surface area contributed by atoms with Crippen LogP contribution in [0.25, 0.3) is 0 Å². The molecule has 4 nitrogen and oxygen atoms in total. The van der Waals surface area contributed by atoms with Crippen molar-refractivity contribution in [1.29, 1.82) is 0 Å². The van der Waals surface area contributed by atoms with Gasteiger partial charge in [-0.15, -0.1) is 0 Å². The maximum atomic E-state index is 14.3. The molecule has 1 atom stereocenters. The zero-order valence-corrected chi connectivity index (χ0v) is 11.6. The van der Waals surface area contributed by atoms with Gasteiger partial charge in [0.15, 0.2) is 0 Å². The first-order valence-corrected chi connectivity index (χ1v) is 7.32. The highest BCUT2D eigenvalue weighted by Crippen LogP contribution is 2.26. The molecule has 2 saturated heterocycles. The van der Waals surface area contributed by atoms with Crippen LogP contribution >= 0.6 is 0 Å². The second-order valence-electron chi connectivity index (χ2n) is 5.31. The van der Waals surface area contributed by atoms with Crippen LogP contribution < -0.4 is 15.0 Å². The lowest BCUT2D eigenvalue weighted by atomic mass is 10.2. The zero-order valence-electron chi connectivity index (χ0n) is 11.6. The van der Waals surface area contributed by atoms with Gasteiger partial charge in [-0.1, -0.05) is 0 Å². The Morgan fingerprint density at radius 1 is 1.30 bits per heavy atom. The van der Waals surface area contributed by atoms with Crippen molar-refractivity contribution in [1.82, 2.24) is 5.32 Å². The van der Waals surface area contributed by atoms with Crippen molar-refractivity contribution >= 4 is 5.69 Å². The molecule has 3 rings (SSSR count). The highest BCUT2D eigenvalue weighted by Gasteiger charge is 2.19. The van der Waals surface area contributed by atoms with Crippen molar-refractivity contribution in [2.24, 2.45) is 0 Å². The van der Waals surface area contributed by atoms with Crippen LogP contribution in [0.2, 0.25) is 0 Å². The van der Waals surface area contributed by atoms with Crippen molar-refractivity contribution in [3.8, 4) is 5.75 Å². The predicted molar refractivity (Wildman–Crippen MR) is 76.0 cm³/mol. The molecule has 1 aromatic carbocycles. The summed E-state index contributed by atoms with van der Waals surface area (Å²) in [5.74, 6) is 0.387. The van der Waals surface area contributed by atoms with Gasteiger partial charge in [0.2, 0.25) is 0 Å². The molecule has 2 aliphatic heterocycles. The molecule has 5 heteroatoms. The van der Waals surface area contributed by atoms with Gasteiger partial charge in [-0.3, -0.25) is 0 Å². The zero-order chi connectivity index (χ0) is 13.8. The summed E-state index contributed by atoms with van der Waals surface area (Å²) in [6.07, 6.45) is 1.97. The Morgan fingerprint density at radius 2 is 2.25 bits per heavy atom. The minimum absolute atomic E-state index is 0.0580. The number of nitrogens with zero attached hydrogens (tertiary/aromatic N) is 1. The van der Waals surface area contributed by atoms with E-state index < -0.39 is 0 Å². The van der Waals surface area contributed by atoms with Crippen LogP contribution in [0.1, 0.15) is 12.8 Å². The molecule has 0 bridgehead atoms. The molecule has 1 N–H and O–H groups in total. The molecule has 2 heterocycles. The highest BCUT2D eigenvalue weighted by molar-refractivity contribution is 5.50. The Morgan fingerprint density at radius 3 is 3.05 bits per heavy atom. The van der Waals surface area contributed by atoms with Gasteiger partial charge < -0.3 is 19.7 Å². The van der Waals surface area contributed by atoms with E-state index in [1.807, 2.05) is 12.1 Å². The normalized spacial score (nSPS) is 23.6. The number of nitrogens with one attached hydrogen (secondary N) is 1. The number of halogens is 1. The van der Waals surface area contributed by atoms with E-state index in [1.54, 1.807) is 0 Å². The van der Waals surface area contributed by atoms with E-state index in [0.29, 0.717) is 18.0 Å². The largest absolute Gasteiger partial charge is 0.488 e. The van der Waals surface area contributed by atoms with E-state index in [4.69, 9.17) is 9.47 Å². The Kier molecular flexibility index (Phi) is 4.38. The van der Waals surface area contributed by atoms with Crippen LogP contribution in [-0.4, -0.2) is 45.5 Å². The quantitative estimate of drug-likeness (QED) is 0.915. The number of ether oxygens (including phenoxy) is 2. The third-order valence-corrected chi connectivity index (χ3v) is 3.79. The molecule has 0 aliphatic carbocycles. The van der Waals surface area contributed by atoms with E-state index in [1.165, 1.54) is 6.07 Å². The summed E-state index contributed by atoms with van der Waals surface area (Å²) >= 11 is 0. The minimum Gasteiger partial charge on any atom is -0.488 e. The summed E-state index contributed by atoms with van der Waals surface area (Å²) in [4.78, 5) is 2.10. The first-order valence-electron chi connectivity index (χ1n) is 7.32. The van der Waals surface area contributed by atoms with E-state index in [9.17, 15) is 4.39 Å². The van der Waals surface area contributed by atoms with E-state index in [-0.39, 0.29) is 11.9 Å². The molecule has 0 amide bonds. The molecule has 20 heavy (non-hydrogen) atoms. The van der Waals surface area contributed by atoms with Crippen molar-refractivity contribution < 1.29 is 13.9 Å². The average Bonchev–Trinajstić information content (AvgIpc) is 2.80. The second-order valence-corrected chi connectivity index (χ2v) is 5.31. The molecule has 0 aromatic heterocycles. The molecule has 0 radical (unpaired) electrons. The summed E-state index contributed by atoms with van der Waals surface area (Å²) < 4.78 is 25.3. The fourth-order valence-electron chi connectivity index (χ4n) is 2.70. The van der Waals surface area contributed by atoms with Gasteiger partial charge in [0.1, 0.15) is 17.7 Å². The van der Waals surface area contributed by atoms with Crippen LogP contribution in [0.3, 0.4) is 0 Å². The van der Waals surface area contributed by atoms with Crippen LogP contribution in [0.4, 0.5) is 10.1 Å². The average molecular weight is 280 g/mol. The van der Waals surface area contributed by atoms with Gasteiger partial charge in [0.05, 0.1) is 18.9 Å². The minimum atomic E-state index is -0.205. The third-order valence-electron chi connectivity index (χ3n) is 3.79. The first kappa shape index (κ1) is 13.6. The maximum absolute atomic E-state index is 14.3.